The molecule has 4 heteroatoms. The molecule has 0 radical (unpaired) electrons. The lowest BCUT2D eigenvalue weighted by atomic mass is 10.0. The van der Waals surface area contributed by atoms with Crippen LogP contribution in [0.5, 0.6) is 5.88 Å². The number of methoxy groups -OCH3 is 1. The molecule has 1 aromatic carbocycles. The smallest absolute Gasteiger partial charge is 0.224 e. The van der Waals surface area contributed by atoms with Crippen molar-refractivity contribution in [2.45, 2.75) is 32.7 Å². The van der Waals surface area contributed by atoms with Crippen molar-refractivity contribution < 1.29 is 4.74 Å². The normalized spacial score (nSPS) is 16.7. The maximum Gasteiger partial charge on any atom is 0.224 e. The first-order valence-electron chi connectivity index (χ1n) is 7.90. The molecule has 1 fully saturated rings. The highest BCUT2D eigenvalue weighted by Crippen LogP contribution is 2.32. The van der Waals surface area contributed by atoms with Crippen molar-refractivity contribution in [1.29, 1.82) is 0 Å². The van der Waals surface area contributed by atoms with Gasteiger partial charge in [-0.25, -0.2) is 9.97 Å². The minimum Gasteiger partial charge on any atom is -0.480 e. The molecule has 1 aliphatic rings. The molecule has 1 aromatic heterocycles. The number of aryl methyl sites for hydroxylation is 1. The SMILES string of the molecule is COc1ncnc(C)c1-c1ccc([C@@H](C)N2CCCC2)cc1. The summed E-state index contributed by atoms with van der Waals surface area (Å²) in [5, 5.41) is 0. The van der Waals surface area contributed by atoms with Gasteiger partial charge in [0.15, 0.2) is 0 Å². The largest absolute Gasteiger partial charge is 0.480 e. The van der Waals surface area contributed by atoms with Crippen molar-refractivity contribution in [1.82, 2.24) is 14.9 Å². The van der Waals surface area contributed by atoms with Crippen LogP contribution in [-0.2, 0) is 0 Å². The molecule has 1 saturated heterocycles. The monoisotopic (exact) mass is 297 g/mol. The predicted molar refractivity (Wildman–Crippen MR) is 88.0 cm³/mol. The van der Waals surface area contributed by atoms with Gasteiger partial charge in [0.1, 0.15) is 6.33 Å². The zero-order chi connectivity index (χ0) is 15.5. The molecule has 0 N–H and O–H groups in total. The fraction of sp³-hybridized carbons (Fsp3) is 0.444. The van der Waals surface area contributed by atoms with E-state index in [9.17, 15) is 0 Å². The first-order chi connectivity index (χ1) is 10.7. The van der Waals surface area contributed by atoms with E-state index in [1.807, 2.05) is 6.92 Å². The Morgan fingerprint density at radius 1 is 1.09 bits per heavy atom. The Hall–Kier alpha value is -1.94. The topological polar surface area (TPSA) is 38.3 Å². The van der Waals surface area contributed by atoms with Gasteiger partial charge in [0, 0.05) is 6.04 Å². The minimum absolute atomic E-state index is 0.478. The Bertz CT molecular complexity index is 633. The van der Waals surface area contributed by atoms with Gasteiger partial charge in [0.2, 0.25) is 5.88 Å². The molecule has 2 heterocycles. The third kappa shape index (κ3) is 2.83. The summed E-state index contributed by atoms with van der Waals surface area (Å²) in [5.41, 5.74) is 4.38. The van der Waals surface area contributed by atoms with E-state index >= 15 is 0 Å². The Morgan fingerprint density at radius 3 is 2.41 bits per heavy atom. The van der Waals surface area contributed by atoms with Crippen LogP contribution in [0.3, 0.4) is 0 Å². The zero-order valence-corrected chi connectivity index (χ0v) is 13.5. The number of aromatic nitrogens is 2. The van der Waals surface area contributed by atoms with Crippen LogP contribution in [0, 0.1) is 6.92 Å². The van der Waals surface area contributed by atoms with Gasteiger partial charge >= 0.3 is 0 Å². The van der Waals surface area contributed by atoms with E-state index in [1.54, 1.807) is 13.4 Å². The highest BCUT2D eigenvalue weighted by molar-refractivity contribution is 5.70. The number of hydrogen-bond acceptors (Lipinski definition) is 4. The summed E-state index contributed by atoms with van der Waals surface area (Å²) >= 11 is 0. The number of benzene rings is 1. The fourth-order valence-electron chi connectivity index (χ4n) is 3.21. The quantitative estimate of drug-likeness (QED) is 0.864. The first kappa shape index (κ1) is 15.0. The van der Waals surface area contributed by atoms with Gasteiger partial charge in [0.25, 0.3) is 0 Å². The van der Waals surface area contributed by atoms with Crippen LogP contribution in [0.1, 0.15) is 37.1 Å². The van der Waals surface area contributed by atoms with E-state index in [-0.39, 0.29) is 0 Å². The van der Waals surface area contributed by atoms with E-state index in [1.165, 1.54) is 31.5 Å². The zero-order valence-electron chi connectivity index (χ0n) is 13.5. The molecule has 0 spiro atoms. The van der Waals surface area contributed by atoms with Gasteiger partial charge in [-0.3, -0.25) is 4.90 Å². The Labute approximate surface area is 132 Å². The molecular weight excluding hydrogens is 274 g/mol. The Morgan fingerprint density at radius 2 is 1.77 bits per heavy atom. The number of nitrogens with zero attached hydrogens (tertiary/aromatic N) is 3. The van der Waals surface area contributed by atoms with Crippen LogP contribution in [0.15, 0.2) is 30.6 Å². The van der Waals surface area contributed by atoms with E-state index in [0.29, 0.717) is 11.9 Å². The third-order valence-electron chi connectivity index (χ3n) is 4.57. The molecule has 1 atom stereocenters. The molecular formula is C18H23N3O. The van der Waals surface area contributed by atoms with Crippen LogP contribution >= 0.6 is 0 Å². The number of rotatable bonds is 4. The summed E-state index contributed by atoms with van der Waals surface area (Å²) in [5.74, 6) is 0.632. The number of ether oxygens (including phenoxy) is 1. The molecule has 116 valence electrons. The lowest BCUT2D eigenvalue weighted by Crippen LogP contribution is -2.23. The average Bonchev–Trinajstić information content (AvgIpc) is 3.08. The van der Waals surface area contributed by atoms with Crippen molar-refractivity contribution >= 4 is 0 Å². The maximum atomic E-state index is 5.38. The molecule has 0 unspecified atom stereocenters. The van der Waals surface area contributed by atoms with Crippen molar-refractivity contribution in [3.05, 3.63) is 41.9 Å². The lowest BCUT2D eigenvalue weighted by Gasteiger charge is -2.24. The maximum absolute atomic E-state index is 5.38. The van der Waals surface area contributed by atoms with Crippen LogP contribution in [-0.4, -0.2) is 35.1 Å². The molecule has 4 nitrogen and oxygen atoms in total. The molecule has 0 saturated carbocycles. The van der Waals surface area contributed by atoms with Gasteiger partial charge in [-0.1, -0.05) is 24.3 Å². The standard InChI is InChI=1S/C18H23N3O/c1-13-17(18(22-3)20-12-19-13)16-8-6-15(7-9-16)14(2)21-10-4-5-11-21/h6-9,12,14H,4-5,10-11H2,1-3H3/t14-/m1/s1. The summed E-state index contributed by atoms with van der Waals surface area (Å²) in [7, 11) is 1.65. The molecule has 22 heavy (non-hydrogen) atoms. The fourth-order valence-corrected chi connectivity index (χ4v) is 3.21. The van der Waals surface area contributed by atoms with Crippen molar-refractivity contribution in [2.24, 2.45) is 0 Å². The van der Waals surface area contributed by atoms with E-state index < -0.39 is 0 Å². The van der Waals surface area contributed by atoms with Crippen molar-refractivity contribution in [3.63, 3.8) is 0 Å². The second-order valence-electron chi connectivity index (χ2n) is 5.88. The van der Waals surface area contributed by atoms with Crippen molar-refractivity contribution in [2.75, 3.05) is 20.2 Å². The van der Waals surface area contributed by atoms with E-state index in [4.69, 9.17) is 4.74 Å². The summed E-state index contributed by atoms with van der Waals surface area (Å²) < 4.78 is 5.38. The molecule has 1 aliphatic heterocycles. The lowest BCUT2D eigenvalue weighted by molar-refractivity contribution is 0.263. The van der Waals surface area contributed by atoms with Crippen molar-refractivity contribution in [3.8, 4) is 17.0 Å². The van der Waals surface area contributed by atoms with Crippen LogP contribution in [0.4, 0.5) is 0 Å². The number of likely N-dealkylation sites (tertiary alicyclic amines) is 1. The molecule has 0 bridgehead atoms. The predicted octanol–water partition coefficient (Wildman–Crippen LogP) is 3.62. The van der Waals surface area contributed by atoms with Gasteiger partial charge < -0.3 is 4.74 Å². The summed E-state index contributed by atoms with van der Waals surface area (Å²) in [6.07, 6.45) is 4.18. The van der Waals surface area contributed by atoms with Gasteiger partial charge in [-0.05, 0) is 50.9 Å². The van der Waals surface area contributed by atoms with Gasteiger partial charge in [-0.2, -0.15) is 0 Å². The van der Waals surface area contributed by atoms with E-state index in [2.05, 4.69) is 46.1 Å². The van der Waals surface area contributed by atoms with Crippen LogP contribution in [0.25, 0.3) is 11.1 Å². The Balaban J connectivity index is 1.88. The molecule has 2 aromatic rings. The minimum atomic E-state index is 0.478. The summed E-state index contributed by atoms with van der Waals surface area (Å²) in [6.45, 7) is 6.70. The summed E-state index contributed by atoms with van der Waals surface area (Å²) in [6, 6.07) is 9.20. The second kappa shape index (κ2) is 6.44. The molecule has 3 rings (SSSR count). The van der Waals surface area contributed by atoms with Crippen LogP contribution in [0.2, 0.25) is 0 Å². The van der Waals surface area contributed by atoms with Gasteiger partial charge in [-0.15, -0.1) is 0 Å². The first-order valence-corrected chi connectivity index (χ1v) is 7.90. The van der Waals surface area contributed by atoms with Crippen LogP contribution < -0.4 is 4.74 Å². The average molecular weight is 297 g/mol. The molecule has 0 aliphatic carbocycles. The third-order valence-corrected chi connectivity index (χ3v) is 4.57. The van der Waals surface area contributed by atoms with Gasteiger partial charge in [0.05, 0.1) is 18.4 Å². The Kier molecular flexibility index (Phi) is 4.39. The van der Waals surface area contributed by atoms with E-state index in [0.717, 1.165) is 16.8 Å². The second-order valence-corrected chi connectivity index (χ2v) is 5.88. The number of hydrogen-bond donors (Lipinski definition) is 0. The highest BCUT2D eigenvalue weighted by atomic mass is 16.5. The highest BCUT2D eigenvalue weighted by Gasteiger charge is 2.19. The molecule has 0 amide bonds. The summed E-state index contributed by atoms with van der Waals surface area (Å²) in [4.78, 5) is 11.0.